The van der Waals surface area contributed by atoms with Gasteiger partial charge in [0, 0.05) is 25.7 Å². The Morgan fingerprint density at radius 3 is 2.56 bits per heavy atom. The smallest absolute Gasteiger partial charge is 0.194 e. The van der Waals surface area contributed by atoms with E-state index >= 15 is 0 Å². The van der Waals surface area contributed by atoms with E-state index in [1.807, 2.05) is 0 Å². The number of nitrogens with zero attached hydrogens (tertiary/aromatic N) is 2. The van der Waals surface area contributed by atoms with Crippen LogP contribution in [0.15, 0.2) is 4.99 Å². The normalized spacial score (nSPS) is 33.0. The highest BCUT2D eigenvalue weighted by Crippen LogP contribution is 2.48. The number of nitrogens with one attached hydrogen (secondary N) is 1. The zero-order valence-electron chi connectivity index (χ0n) is 11.6. The highest BCUT2D eigenvalue weighted by Gasteiger charge is 2.44. The van der Waals surface area contributed by atoms with Gasteiger partial charge in [0.05, 0.1) is 0 Å². The van der Waals surface area contributed by atoms with Crippen molar-refractivity contribution in [3.8, 4) is 0 Å². The van der Waals surface area contributed by atoms with Gasteiger partial charge in [-0.15, -0.1) is 24.0 Å². The second kappa shape index (κ2) is 5.55. The molecule has 1 N–H and O–H groups in total. The lowest BCUT2D eigenvalue weighted by Gasteiger charge is -2.38. The molecule has 1 heterocycles. The van der Waals surface area contributed by atoms with Gasteiger partial charge in [0.15, 0.2) is 5.96 Å². The van der Waals surface area contributed by atoms with Crippen LogP contribution >= 0.6 is 24.0 Å². The van der Waals surface area contributed by atoms with Crippen molar-refractivity contribution < 1.29 is 0 Å². The molecule has 3 nitrogen and oxygen atoms in total. The van der Waals surface area contributed by atoms with Gasteiger partial charge in [-0.2, -0.15) is 0 Å². The Labute approximate surface area is 128 Å². The van der Waals surface area contributed by atoms with Crippen molar-refractivity contribution in [2.24, 2.45) is 16.3 Å². The third-order valence-corrected chi connectivity index (χ3v) is 4.88. The first kappa shape index (κ1) is 14.4. The van der Waals surface area contributed by atoms with Gasteiger partial charge in [0.25, 0.3) is 0 Å². The summed E-state index contributed by atoms with van der Waals surface area (Å²) in [6.07, 6.45) is 7.05. The molecule has 0 aromatic rings. The van der Waals surface area contributed by atoms with Gasteiger partial charge < -0.3 is 10.2 Å². The molecule has 18 heavy (non-hydrogen) atoms. The van der Waals surface area contributed by atoms with Crippen LogP contribution in [0.4, 0.5) is 0 Å². The van der Waals surface area contributed by atoms with Gasteiger partial charge in [-0.3, -0.25) is 4.99 Å². The van der Waals surface area contributed by atoms with Gasteiger partial charge in [-0.1, -0.05) is 13.3 Å². The van der Waals surface area contributed by atoms with Crippen molar-refractivity contribution in [2.75, 3.05) is 19.6 Å². The summed E-state index contributed by atoms with van der Waals surface area (Å²) in [5.41, 5.74) is 0.672. The van der Waals surface area contributed by atoms with Crippen LogP contribution in [0.2, 0.25) is 0 Å². The molecular weight excluding hydrogens is 337 g/mol. The molecule has 2 atom stereocenters. The maximum Gasteiger partial charge on any atom is 0.194 e. The van der Waals surface area contributed by atoms with E-state index in [1.165, 1.54) is 51.2 Å². The summed E-state index contributed by atoms with van der Waals surface area (Å²) < 4.78 is 0. The van der Waals surface area contributed by atoms with Crippen LogP contribution in [-0.2, 0) is 0 Å². The van der Waals surface area contributed by atoms with Crippen LogP contribution in [0.5, 0.6) is 0 Å². The SMILES string of the molecule is CCN=C(NC1CC1C)N1CCC2(CCC2)C1.I. The van der Waals surface area contributed by atoms with Crippen LogP contribution in [0.3, 0.4) is 0 Å². The van der Waals surface area contributed by atoms with Crippen LogP contribution in [-0.4, -0.2) is 36.5 Å². The number of hydrogen-bond donors (Lipinski definition) is 1. The molecule has 2 aliphatic carbocycles. The van der Waals surface area contributed by atoms with Gasteiger partial charge in [0.1, 0.15) is 0 Å². The van der Waals surface area contributed by atoms with E-state index in [0.717, 1.165) is 12.5 Å². The first-order valence-corrected chi connectivity index (χ1v) is 7.28. The number of rotatable bonds is 2. The zero-order chi connectivity index (χ0) is 11.9. The first-order valence-electron chi connectivity index (χ1n) is 7.28. The summed E-state index contributed by atoms with van der Waals surface area (Å²) in [6, 6.07) is 0.693. The van der Waals surface area contributed by atoms with Crippen molar-refractivity contribution >= 4 is 29.9 Å². The van der Waals surface area contributed by atoms with Crippen LogP contribution in [0.1, 0.15) is 46.0 Å². The molecule has 0 bridgehead atoms. The standard InChI is InChI=1S/C14H25N3.HI/c1-3-15-13(16-12-9-11(12)2)17-8-7-14(10-17)5-4-6-14;/h11-12H,3-10H2,1-2H3,(H,15,16);1H. The topological polar surface area (TPSA) is 27.6 Å². The monoisotopic (exact) mass is 363 g/mol. The number of likely N-dealkylation sites (tertiary alicyclic amines) is 1. The largest absolute Gasteiger partial charge is 0.353 e. The van der Waals surface area contributed by atoms with Gasteiger partial charge in [-0.05, 0) is 43.9 Å². The lowest BCUT2D eigenvalue weighted by Crippen LogP contribution is -2.43. The molecular formula is C14H26IN3. The molecule has 0 amide bonds. The fraction of sp³-hybridized carbons (Fsp3) is 0.929. The van der Waals surface area contributed by atoms with E-state index in [9.17, 15) is 0 Å². The molecule has 0 aromatic carbocycles. The second-order valence-electron chi connectivity index (χ2n) is 6.29. The number of halogens is 1. The van der Waals surface area contributed by atoms with Crippen molar-refractivity contribution in [3.63, 3.8) is 0 Å². The second-order valence-corrected chi connectivity index (χ2v) is 6.29. The molecule has 1 aliphatic heterocycles. The summed E-state index contributed by atoms with van der Waals surface area (Å²) in [4.78, 5) is 7.18. The highest BCUT2D eigenvalue weighted by atomic mass is 127. The molecule has 0 aromatic heterocycles. The van der Waals surface area contributed by atoms with Crippen molar-refractivity contribution in [1.29, 1.82) is 0 Å². The Morgan fingerprint density at radius 2 is 2.11 bits per heavy atom. The quantitative estimate of drug-likeness (QED) is 0.464. The van der Waals surface area contributed by atoms with E-state index in [1.54, 1.807) is 0 Å². The summed E-state index contributed by atoms with van der Waals surface area (Å²) in [6.45, 7) is 7.81. The average molecular weight is 363 g/mol. The lowest BCUT2D eigenvalue weighted by molar-refractivity contribution is 0.151. The van der Waals surface area contributed by atoms with E-state index in [2.05, 4.69) is 29.1 Å². The predicted octanol–water partition coefficient (Wildman–Crippen LogP) is 2.85. The minimum atomic E-state index is 0. The first-order chi connectivity index (χ1) is 8.22. The maximum absolute atomic E-state index is 4.68. The van der Waals surface area contributed by atoms with Gasteiger partial charge in [0.2, 0.25) is 0 Å². The van der Waals surface area contributed by atoms with Crippen LogP contribution < -0.4 is 5.32 Å². The molecule has 2 saturated carbocycles. The highest BCUT2D eigenvalue weighted by molar-refractivity contribution is 14.0. The fourth-order valence-corrected chi connectivity index (χ4v) is 3.28. The fourth-order valence-electron chi connectivity index (χ4n) is 3.28. The number of aliphatic imine (C=N–C) groups is 1. The maximum atomic E-state index is 4.68. The van der Waals surface area contributed by atoms with Crippen molar-refractivity contribution in [3.05, 3.63) is 0 Å². The van der Waals surface area contributed by atoms with Crippen molar-refractivity contribution in [2.45, 2.75) is 52.0 Å². The zero-order valence-corrected chi connectivity index (χ0v) is 13.9. The van der Waals surface area contributed by atoms with Gasteiger partial charge >= 0.3 is 0 Å². The molecule has 2 unspecified atom stereocenters. The molecule has 3 fully saturated rings. The summed E-state index contributed by atoms with van der Waals surface area (Å²) in [7, 11) is 0. The molecule has 1 spiro atoms. The van der Waals surface area contributed by atoms with E-state index < -0.39 is 0 Å². The third kappa shape index (κ3) is 2.78. The third-order valence-electron chi connectivity index (χ3n) is 4.88. The molecule has 3 aliphatic rings. The van der Waals surface area contributed by atoms with Crippen LogP contribution in [0, 0.1) is 11.3 Å². The lowest BCUT2D eigenvalue weighted by atomic mass is 9.68. The van der Waals surface area contributed by atoms with Crippen LogP contribution in [0.25, 0.3) is 0 Å². The molecule has 1 saturated heterocycles. The summed E-state index contributed by atoms with van der Waals surface area (Å²) >= 11 is 0. The molecule has 0 radical (unpaired) electrons. The Bertz CT molecular complexity index is 325. The van der Waals surface area contributed by atoms with Gasteiger partial charge in [-0.25, -0.2) is 0 Å². The molecule has 3 rings (SSSR count). The Morgan fingerprint density at radius 1 is 1.39 bits per heavy atom. The Kier molecular flexibility index (Phi) is 4.44. The van der Waals surface area contributed by atoms with E-state index in [-0.39, 0.29) is 24.0 Å². The minimum absolute atomic E-state index is 0. The Balaban J connectivity index is 0.00000120. The average Bonchev–Trinajstić information content (AvgIpc) is 2.81. The van der Waals surface area contributed by atoms with E-state index in [0.29, 0.717) is 11.5 Å². The summed E-state index contributed by atoms with van der Waals surface area (Å²) in [5.74, 6) is 2.03. The number of hydrogen-bond acceptors (Lipinski definition) is 1. The minimum Gasteiger partial charge on any atom is -0.353 e. The Hall–Kier alpha value is 0. The van der Waals surface area contributed by atoms with E-state index in [4.69, 9.17) is 0 Å². The predicted molar refractivity (Wildman–Crippen MR) is 86.6 cm³/mol. The molecule has 4 heteroatoms. The number of guanidine groups is 1. The summed E-state index contributed by atoms with van der Waals surface area (Å²) in [5, 5.41) is 3.65. The molecule has 104 valence electrons. The van der Waals surface area contributed by atoms with Crippen molar-refractivity contribution in [1.82, 2.24) is 10.2 Å².